The van der Waals surface area contributed by atoms with Gasteiger partial charge < -0.3 is 9.84 Å². The smallest absolute Gasteiger partial charge is 0.249 e. The number of rotatable bonds is 5. The van der Waals surface area contributed by atoms with Crippen LogP contribution in [0, 0.1) is 17.2 Å². The van der Waals surface area contributed by atoms with E-state index in [2.05, 4.69) is 30.9 Å². The summed E-state index contributed by atoms with van der Waals surface area (Å²) in [5, 5.41) is 17.2. The maximum atomic E-state index is 9.20. The molecule has 3 rings (SSSR count). The van der Waals surface area contributed by atoms with Crippen molar-refractivity contribution in [1.82, 2.24) is 19.5 Å². The highest BCUT2D eigenvalue weighted by molar-refractivity contribution is 7.10. The van der Waals surface area contributed by atoms with E-state index in [1.54, 1.807) is 12.4 Å². The summed E-state index contributed by atoms with van der Waals surface area (Å²) >= 11 is 7.05. The molecule has 0 spiro atoms. The number of nitriles is 1. The average molecular weight is 361 g/mol. The van der Waals surface area contributed by atoms with Gasteiger partial charge in [0.15, 0.2) is 5.15 Å². The number of hydrogen-bond donors (Lipinski definition) is 1. The minimum Gasteiger partial charge on any atom is -0.363 e. The lowest BCUT2D eigenvalue weighted by atomic mass is 10.0. The zero-order chi connectivity index (χ0) is 17.1. The molecule has 0 radical (unpaired) electrons. The number of aromatic nitrogens is 4. The Morgan fingerprint density at radius 1 is 1.33 bits per heavy atom. The van der Waals surface area contributed by atoms with E-state index < -0.39 is 0 Å². The molecule has 0 saturated heterocycles. The Labute approximate surface area is 147 Å². The molecule has 0 aliphatic heterocycles. The minimum atomic E-state index is -0.267. The third kappa shape index (κ3) is 3.22. The summed E-state index contributed by atoms with van der Waals surface area (Å²) in [6.07, 6.45) is 3.34. The molecule has 0 saturated carbocycles. The van der Waals surface area contributed by atoms with E-state index in [4.69, 9.17) is 16.1 Å². The van der Waals surface area contributed by atoms with Crippen LogP contribution >= 0.6 is 23.1 Å². The van der Waals surface area contributed by atoms with Crippen molar-refractivity contribution in [2.75, 3.05) is 5.32 Å². The largest absolute Gasteiger partial charge is 0.363 e. The quantitative estimate of drug-likeness (QED) is 0.735. The summed E-state index contributed by atoms with van der Waals surface area (Å²) in [7, 11) is 0. The number of pyridine rings is 1. The fourth-order valence-corrected chi connectivity index (χ4v) is 3.07. The van der Waals surface area contributed by atoms with Crippen LogP contribution in [0.4, 0.5) is 5.00 Å². The number of nitrogens with one attached hydrogen (secondary N) is 1. The van der Waals surface area contributed by atoms with Gasteiger partial charge in [-0.1, -0.05) is 30.6 Å². The van der Waals surface area contributed by atoms with Crippen molar-refractivity contribution in [3.63, 3.8) is 0 Å². The molecule has 0 fully saturated rings. The normalized spacial score (nSPS) is 12.1. The van der Waals surface area contributed by atoms with Crippen molar-refractivity contribution in [2.45, 2.75) is 19.9 Å². The Hall–Kier alpha value is -2.50. The van der Waals surface area contributed by atoms with Gasteiger partial charge in [0, 0.05) is 18.0 Å². The Kier molecular flexibility index (Phi) is 4.74. The van der Waals surface area contributed by atoms with Gasteiger partial charge in [-0.25, -0.2) is 0 Å². The van der Waals surface area contributed by atoms with E-state index in [9.17, 15) is 5.26 Å². The van der Waals surface area contributed by atoms with Crippen LogP contribution in [0.25, 0.3) is 11.4 Å². The first-order valence-corrected chi connectivity index (χ1v) is 8.31. The summed E-state index contributed by atoms with van der Waals surface area (Å²) in [5.74, 6) is 1.07. The third-order valence-electron chi connectivity index (χ3n) is 3.36. The minimum absolute atomic E-state index is 0.142. The van der Waals surface area contributed by atoms with Crippen LogP contribution in [0.2, 0.25) is 5.15 Å². The lowest BCUT2D eigenvalue weighted by Crippen LogP contribution is -2.17. The van der Waals surface area contributed by atoms with Crippen molar-refractivity contribution in [3.8, 4) is 17.5 Å². The molecule has 0 bridgehead atoms. The summed E-state index contributed by atoms with van der Waals surface area (Å²) in [4.78, 5) is 8.43. The zero-order valence-corrected chi connectivity index (χ0v) is 14.5. The predicted octanol–water partition coefficient (Wildman–Crippen LogP) is 3.92. The number of halogens is 1. The Morgan fingerprint density at radius 2 is 2.08 bits per heavy atom. The first-order chi connectivity index (χ1) is 11.6. The van der Waals surface area contributed by atoms with Crippen LogP contribution < -0.4 is 5.32 Å². The van der Waals surface area contributed by atoms with Gasteiger partial charge in [-0.05, 0) is 29.6 Å². The lowest BCUT2D eigenvalue weighted by molar-refractivity contribution is 0.336. The van der Waals surface area contributed by atoms with E-state index in [-0.39, 0.29) is 17.1 Å². The van der Waals surface area contributed by atoms with Crippen LogP contribution in [-0.4, -0.2) is 19.5 Å². The van der Waals surface area contributed by atoms with Crippen molar-refractivity contribution in [3.05, 3.63) is 41.1 Å². The average Bonchev–Trinajstić information content (AvgIpc) is 3.20. The van der Waals surface area contributed by atoms with Gasteiger partial charge in [0.2, 0.25) is 11.7 Å². The van der Waals surface area contributed by atoms with E-state index in [0.29, 0.717) is 22.3 Å². The number of hydrogen-bond acceptors (Lipinski definition) is 8. The Balaban J connectivity index is 1.89. The van der Waals surface area contributed by atoms with Crippen molar-refractivity contribution in [2.24, 2.45) is 5.92 Å². The topological polar surface area (TPSA) is 101 Å². The SMILES string of the molecule is CC(C)C(Nc1snc(Cl)c1C#N)c1nc(-c2ccncc2)no1. The highest BCUT2D eigenvalue weighted by atomic mass is 35.5. The molecule has 0 aromatic carbocycles. The molecule has 3 aromatic rings. The molecular formula is C15H13ClN6OS. The fourth-order valence-electron chi connectivity index (χ4n) is 2.10. The Morgan fingerprint density at radius 3 is 2.75 bits per heavy atom. The van der Waals surface area contributed by atoms with Crippen LogP contribution in [0.5, 0.6) is 0 Å². The molecule has 9 heteroatoms. The van der Waals surface area contributed by atoms with Crippen LogP contribution in [0.3, 0.4) is 0 Å². The van der Waals surface area contributed by atoms with Gasteiger partial charge in [-0.2, -0.15) is 14.6 Å². The number of anilines is 1. The van der Waals surface area contributed by atoms with Crippen LogP contribution in [-0.2, 0) is 0 Å². The van der Waals surface area contributed by atoms with Crippen molar-refractivity contribution >= 4 is 28.1 Å². The standard InChI is InChI=1S/C15H13ClN6OS/c1-8(2)11(19-15-10(7-17)12(16)22-24-15)14-20-13(21-23-14)9-3-5-18-6-4-9/h3-6,8,11,19H,1-2H3. The van der Waals surface area contributed by atoms with Crippen molar-refractivity contribution in [1.29, 1.82) is 5.26 Å². The van der Waals surface area contributed by atoms with Crippen LogP contribution in [0.15, 0.2) is 29.0 Å². The molecule has 7 nitrogen and oxygen atoms in total. The van der Waals surface area contributed by atoms with Gasteiger partial charge in [0.1, 0.15) is 22.7 Å². The van der Waals surface area contributed by atoms with E-state index >= 15 is 0 Å². The van der Waals surface area contributed by atoms with Crippen LogP contribution in [0.1, 0.15) is 31.3 Å². The molecule has 1 atom stereocenters. The summed E-state index contributed by atoms with van der Waals surface area (Å²) in [5.41, 5.74) is 1.14. The summed E-state index contributed by atoms with van der Waals surface area (Å²) in [6.45, 7) is 4.03. The molecule has 122 valence electrons. The van der Waals surface area contributed by atoms with Gasteiger partial charge >= 0.3 is 0 Å². The zero-order valence-electron chi connectivity index (χ0n) is 12.9. The second-order valence-corrected chi connectivity index (χ2v) is 6.48. The van der Waals surface area contributed by atoms with E-state index in [1.807, 2.05) is 26.0 Å². The summed E-state index contributed by atoms with van der Waals surface area (Å²) < 4.78 is 9.41. The molecule has 1 unspecified atom stereocenters. The monoisotopic (exact) mass is 360 g/mol. The second-order valence-electron chi connectivity index (χ2n) is 5.35. The van der Waals surface area contributed by atoms with Gasteiger partial charge in [0.25, 0.3) is 0 Å². The van der Waals surface area contributed by atoms with Gasteiger partial charge in [-0.3, -0.25) is 4.98 Å². The molecule has 0 aliphatic rings. The maximum absolute atomic E-state index is 9.20. The highest BCUT2D eigenvalue weighted by Crippen LogP contribution is 2.33. The number of nitrogens with zero attached hydrogens (tertiary/aromatic N) is 5. The lowest BCUT2D eigenvalue weighted by Gasteiger charge is -2.18. The second kappa shape index (κ2) is 6.95. The predicted molar refractivity (Wildman–Crippen MR) is 90.6 cm³/mol. The Bertz CT molecular complexity index is 870. The van der Waals surface area contributed by atoms with Gasteiger partial charge in [-0.15, -0.1) is 0 Å². The highest BCUT2D eigenvalue weighted by Gasteiger charge is 2.25. The van der Waals surface area contributed by atoms with Crippen molar-refractivity contribution < 1.29 is 4.52 Å². The molecular weight excluding hydrogens is 348 g/mol. The third-order valence-corrected chi connectivity index (χ3v) is 4.51. The molecule has 3 heterocycles. The molecule has 0 amide bonds. The molecule has 1 N–H and O–H groups in total. The molecule has 24 heavy (non-hydrogen) atoms. The first-order valence-electron chi connectivity index (χ1n) is 7.16. The van der Waals surface area contributed by atoms with E-state index in [1.165, 1.54) is 0 Å². The van der Waals surface area contributed by atoms with E-state index in [0.717, 1.165) is 17.1 Å². The molecule has 0 aliphatic carbocycles. The molecule has 3 aromatic heterocycles. The maximum Gasteiger partial charge on any atom is 0.249 e. The summed E-state index contributed by atoms with van der Waals surface area (Å²) in [6, 6.07) is 5.40. The van der Waals surface area contributed by atoms with Gasteiger partial charge in [0.05, 0.1) is 0 Å². The first kappa shape index (κ1) is 16.4. The fraction of sp³-hybridized carbons (Fsp3) is 0.267.